The Balaban J connectivity index is 1.69. The van der Waals surface area contributed by atoms with E-state index >= 15 is 0 Å². The number of amides is 1. The predicted octanol–water partition coefficient (Wildman–Crippen LogP) is 3.70. The Hall–Kier alpha value is -3.90. The molecule has 0 bridgehead atoms. The van der Waals surface area contributed by atoms with E-state index in [0.717, 1.165) is 35.6 Å². The third-order valence-electron chi connectivity index (χ3n) is 4.85. The molecule has 3 aromatic carbocycles. The van der Waals surface area contributed by atoms with Crippen molar-refractivity contribution in [1.82, 2.24) is 4.57 Å². The lowest BCUT2D eigenvalue weighted by molar-refractivity contribution is -0.141. The first kappa shape index (κ1) is 24.2. The smallest absolute Gasteiger partial charge is 0.325 e. The van der Waals surface area contributed by atoms with Crippen molar-refractivity contribution in [1.29, 1.82) is 0 Å². The van der Waals surface area contributed by atoms with E-state index in [1.807, 2.05) is 0 Å². The Bertz CT molecular complexity index is 1610. The number of carbonyl (C=O) groups is 2. The molecule has 0 atom stereocenters. The number of esters is 1. The van der Waals surface area contributed by atoms with Crippen molar-refractivity contribution in [3.05, 3.63) is 88.7 Å². The molecular weight excluding hydrogens is 500 g/mol. The Kier molecular flexibility index (Phi) is 6.76. The maximum atomic E-state index is 14.5. The zero-order valence-electron chi connectivity index (χ0n) is 18.1. The standard InChI is InChI=1S/C23H17F2N3O5S2/c1-33-20(29)13-28-21-18(25)6-3-7-19(21)34-23(28)26-22(30)14-4-2-5-16(12-14)27-35(31,32)17-10-8-15(24)9-11-17/h2-12,27H,13H2,1H3. The van der Waals surface area contributed by atoms with Crippen LogP contribution >= 0.6 is 11.3 Å². The maximum absolute atomic E-state index is 14.5. The van der Waals surface area contributed by atoms with Gasteiger partial charge in [0.1, 0.15) is 18.2 Å². The SMILES string of the molecule is COC(=O)Cn1c(=NC(=O)c2cccc(NS(=O)(=O)c3ccc(F)cc3)c2)sc2cccc(F)c21. The lowest BCUT2D eigenvalue weighted by Crippen LogP contribution is -2.23. The number of methoxy groups -OCH3 is 1. The molecule has 0 aliphatic carbocycles. The fourth-order valence-electron chi connectivity index (χ4n) is 3.21. The summed E-state index contributed by atoms with van der Waals surface area (Å²) in [5.74, 6) is -2.56. The van der Waals surface area contributed by atoms with Crippen LogP contribution in [0.2, 0.25) is 0 Å². The van der Waals surface area contributed by atoms with E-state index in [-0.39, 0.29) is 33.0 Å². The molecule has 4 rings (SSSR count). The van der Waals surface area contributed by atoms with E-state index < -0.39 is 33.5 Å². The second-order valence-corrected chi connectivity index (χ2v) is 9.88. The number of ether oxygens (including phenoxy) is 1. The first-order valence-corrected chi connectivity index (χ1v) is 12.3. The summed E-state index contributed by atoms with van der Waals surface area (Å²) in [6.45, 7) is -0.360. The minimum absolute atomic E-state index is 0.0480. The van der Waals surface area contributed by atoms with Crippen molar-refractivity contribution in [2.24, 2.45) is 4.99 Å². The van der Waals surface area contributed by atoms with Gasteiger partial charge in [-0.3, -0.25) is 14.3 Å². The van der Waals surface area contributed by atoms with Crippen molar-refractivity contribution in [2.75, 3.05) is 11.8 Å². The summed E-state index contributed by atoms with van der Waals surface area (Å²) in [6.07, 6.45) is 0. The Morgan fingerprint density at radius 1 is 1.06 bits per heavy atom. The van der Waals surface area contributed by atoms with Crippen molar-refractivity contribution >= 4 is 49.1 Å². The number of carbonyl (C=O) groups excluding carboxylic acids is 2. The number of sulfonamides is 1. The third-order valence-corrected chi connectivity index (χ3v) is 7.29. The second kappa shape index (κ2) is 9.76. The number of fused-ring (bicyclic) bond motifs is 1. The maximum Gasteiger partial charge on any atom is 0.325 e. The first-order valence-electron chi connectivity index (χ1n) is 10.00. The molecule has 0 aliphatic heterocycles. The molecule has 35 heavy (non-hydrogen) atoms. The molecular formula is C23H17F2N3O5S2. The van der Waals surface area contributed by atoms with Crippen molar-refractivity contribution < 1.29 is 31.5 Å². The molecule has 0 aliphatic rings. The summed E-state index contributed by atoms with van der Waals surface area (Å²) < 4.78 is 61.5. The van der Waals surface area contributed by atoms with Gasteiger partial charge in [-0.05, 0) is 54.6 Å². The van der Waals surface area contributed by atoms with Crippen LogP contribution in [0.4, 0.5) is 14.5 Å². The van der Waals surface area contributed by atoms with Gasteiger partial charge >= 0.3 is 5.97 Å². The zero-order valence-corrected chi connectivity index (χ0v) is 19.7. The molecule has 1 heterocycles. The average Bonchev–Trinajstić information content (AvgIpc) is 3.17. The number of benzene rings is 3. The molecule has 180 valence electrons. The van der Waals surface area contributed by atoms with Crippen molar-refractivity contribution in [3.63, 3.8) is 0 Å². The lowest BCUT2D eigenvalue weighted by Gasteiger charge is -2.09. The highest BCUT2D eigenvalue weighted by atomic mass is 32.2. The molecule has 1 N–H and O–H groups in total. The highest BCUT2D eigenvalue weighted by Gasteiger charge is 2.17. The number of halogens is 2. The Labute approximate surface area is 202 Å². The number of anilines is 1. The van der Waals surface area contributed by atoms with Crippen LogP contribution in [0.25, 0.3) is 10.2 Å². The average molecular weight is 518 g/mol. The highest BCUT2D eigenvalue weighted by Crippen LogP contribution is 2.21. The van der Waals surface area contributed by atoms with Gasteiger partial charge in [0.25, 0.3) is 15.9 Å². The second-order valence-electron chi connectivity index (χ2n) is 7.19. The highest BCUT2D eigenvalue weighted by molar-refractivity contribution is 7.92. The third kappa shape index (κ3) is 5.28. The first-order chi connectivity index (χ1) is 16.7. The molecule has 0 saturated carbocycles. The number of aromatic nitrogens is 1. The summed E-state index contributed by atoms with van der Waals surface area (Å²) in [4.78, 5) is 28.7. The number of hydrogen-bond donors (Lipinski definition) is 1. The summed E-state index contributed by atoms with van der Waals surface area (Å²) >= 11 is 1.01. The van der Waals surface area contributed by atoms with Gasteiger partial charge < -0.3 is 9.30 Å². The van der Waals surface area contributed by atoms with E-state index in [9.17, 15) is 26.8 Å². The van der Waals surface area contributed by atoms with Gasteiger partial charge in [0, 0.05) is 11.3 Å². The largest absolute Gasteiger partial charge is 0.468 e. The Morgan fingerprint density at radius 3 is 2.49 bits per heavy atom. The number of para-hydroxylation sites is 1. The van der Waals surface area contributed by atoms with Crippen LogP contribution in [0.5, 0.6) is 0 Å². The van der Waals surface area contributed by atoms with Gasteiger partial charge in [0.15, 0.2) is 4.80 Å². The molecule has 12 heteroatoms. The van der Waals surface area contributed by atoms with E-state index in [2.05, 4.69) is 14.5 Å². The number of nitrogens with zero attached hydrogens (tertiary/aromatic N) is 2. The molecule has 8 nitrogen and oxygen atoms in total. The number of thiazole rings is 1. The molecule has 0 fully saturated rings. The fraction of sp³-hybridized carbons (Fsp3) is 0.0870. The summed E-state index contributed by atoms with van der Waals surface area (Å²) in [5, 5.41) is 0. The monoisotopic (exact) mass is 517 g/mol. The summed E-state index contributed by atoms with van der Waals surface area (Å²) in [7, 11) is -2.84. The predicted molar refractivity (Wildman–Crippen MR) is 125 cm³/mol. The zero-order chi connectivity index (χ0) is 25.2. The van der Waals surface area contributed by atoms with Crippen LogP contribution in [-0.4, -0.2) is 32.0 Å². The summed E-state index contributed by atoms with van der Waals surface area (Å²) in [5.41, 5.74) is 0.238. The van der Waals surface area contributed by atoms with Crippen molar-refractivity contribution in [2.45, 2.75) is 11.4 Å². The minimum Gasteiger partial charge on any atom is -0.468 e. The molecule has 0 spiro atoms. The molecule has 1 aromatic heterocycles. The van der Waals surface area contributed by atoms with Crippen LogP contribution in [0, 0.1) is 11.6 Å². The molecule has 0 unspecified atom stereocenters. The van der Waals surface area contributed by atoms with Crippen LogP contribution in [0.15, 0.2) is 76.6 Å². The van der Waals surface area contributed by atoms with Gasteiger partial charge in [0.05, 0.1) is 22.2 Å². The molecule has 4 aromatic rings. The van der Waals surface area contributed by atoms with Gasteiger partial charge in [-0.2, -0.15) is 4.99 Å². The normalized spacial score (nSPS) is 12.0. The van der Waals surface area contributed by atoms with E-state index in [0.29, 0.717) is 4.70 Å². The van der Waals surface area contributed by atoms with Crippen molar-refractivity contribution in [3.8, 4) is 0 Å². The summed E-state index contributed by atoms with van der Waals surface area (Å²) in [6, 6.07) is 14.2. The quantitative estimate of drug-likeness (QED) is 0.393. The number of nitrogens with one attached hydrogen (secondary N) is 1. The van der Waals surface area contributed by atoms with Crippen LogP contribution < -0.4 is 9.52 Å². The van der Waals surface area contributed by atoms with Gasteiger partial charge in [-0.25, -0.2) is 17.2 Å². The molecule has 0 saturated heterocycles. The van der Waals surface area contributed by atoms with E-state index in [1.165, 1.54) is 48.1 Å². The molecule has 1 amide bonds. The topological polar surface area (TPSA) is 107 Å². The van der Waals surface area contributed by atoms with Crippen LogP contribution in [-0.2, 0) is 26.1 Å². The van der Waals surface area contributed by atoms with Gasteiger partial charge in [0.2, 0.25) is 0 Å². The van der Waals surface area contributed by atoms with Crippen LogP contribution in [0.3, 0.4) is 0 Å². The minimum atomic E-state index is -4.03. The van der Waals surface area contributed by atoms with Crippen LogP contribution in [0.1, 0.15) is 10.4 Å². The lowest BCUT2D eigenvalue weighted by atomic mass is 10.2. The molecule has 0 radical (unpaired) electrons. The fourth-order valence-corrected chi connectivity index (χ4v) is 5.30. The van der Waals surface area contributed by atoms with Gasteiger partial charge in [-0.1, -0.05) is 23.5 Å². The van der Waals surface area contributed by atoms with E-state index in [4.69, 9.17) is 0 Å². The number of hydrogen-bond acceptors (Lipinski definition) is 6. The number of rotatable bonds is 6. The van der Waals surface area contributed by atoms with Gasteiger partial charge in [-0.15, -0.1) is 0 Å². The Morgan fingerprint density at radius 2 is 1.77 bits per heavy atom. The van der Waals surface area contributed by atoms with E-state index in [1.54, 1.807) is 6.07 Å².